The summed E-state index contributed by atoms with van der Waals surface area (Å²) in [6.07, 6.45) is 3.02. The van der Waals surface area contributed by atoms with Gasteiger partial charge >= 0.3 is 0 Å². The van der Waals surface area contributed by atoms with Crippen molar-refractivity contribution in [2.75, 3.05) is 18.5 Å². The van der Waals surface area contributed by atoms with Gasteiger partial charge in [0.1, 0.15) is 23.3 Å². The SMILES string of the molecule is CNC(=O)C1CCCN1c1ncnc(Cl)c1CO. The summed E-state index contributed by atoms with van der Waals surface area (Å²) in [5.41, 5.74) is 0.468. The number of carbonyl (C=O) groups excluding carboxylic acids is 1. The third-order valence-corrected chi connectivity index (χ3v) is 3.43. The molecule has 6 nitrogen and oxygen atoms in total. The molecule has 2 rings (SSSR count). The summed E-state index contributed by atoms with van der Waals surface area (Å²) in [6, 6.07) is -0.258. The second kappa shape index (κ2) is 5.49. The van der Waals surface area contributed by atoms with Gasteiger partial charge in [-0.15, -0.1) is 0 Å². The molecule has 0 saturated carbocycles. The Kier molecular flexibility index (Phi) is 3.98. The Labute approximate surface area is 110 Å². The number of aromatic nitrogens is 2. The first-order chi connectivity index (χ1) is 8.69. The molecule has 98 valence electrons. The van der Waals surface area contributed by atoms with E-state index in [0.717, 1.165) is 19.4 Å². The summed E-state index contributed by atoms with van der Waals surface area (Å²) >= 11 is 5.93. The van der Waals surface area contributed by atoms with E-state index < -0.39 is 0 Å². The zero-order valence-electron chi connectivity index (χ0n) is 10.1. The number of halogens is 1. The Morgan fingerprint density at radius 1 is 1.67 bits per heavy atom. The molecule has 1 atom stereocenters. The molecule has 1 fully saturated rings. The maximum absolute atomic E-state index is 11.8. The summed E-state index contributed by atoms with van der Waals surface area (Å²) in [7, 11) is 1.61. The van der Waals surface area contributed by atoms with Crippen molar-refractivity contribution in [3.8, 4) is 0 Å². The molecule has 1 saturated heterocycles. The highest BCUT2D eigenvalue weighted by Gasteiger charge is 2.32. The molecule has 2 N–H and O–H groups in total. The van der Waals surface area contributed by atoms with Crippen LogP contribution in [-0.4, -0.2) is 40.6 Å². The van der Waals surface area contributed by atoms with Gasteiger partial charge in [0.05, 0.1) is 12.2 Å². The Hall–Kier alpha value is -1.40. The lowest BCUT2D eigenvalue weighted by Gasteiger charge is -2.26. The molecule has 7 heteroatoms. The smallest absolute Gasteiger partial charge is 0.242 e. The number of aliphatic hydroxyl groups excluding tert-OH is 1. The molecule has 0 spiro atoms. The number of anilines is 1. The summed E-state index contributed by atoms with van der Waals surface area (Å²) in [5.74, 6) is 0.495. The zero-order valence-corrected chi connectivity index (χ0v) is 10.8. The second-order valence-corrected chi connectivity index (χ2v) is 4.45. The van der Waals surface area contributed by atoms with Crippen LogP contribution in [-0.2, 0) is 11.4 Å². The van der Waals surface area contributed by atoms with Gasteiger partial charge in [-0.3, -0.25) is 4.79 Å². The Morgan fingerprint density at radius 3 is 3.11 bits per heavy atom. The van der Waals surface area contributed by atoms with Crippen LogP contribution < -0.4 is 10.2 Å². The van der Waals surface area contributed by atoms with Crippen LogP contribution in [0.15, 0.2) is 6.33 Å². The predicted molar refractivity (Wildman–Crippen MR) is 67.4 cm³/mol. The fourth-order valence-electron chi connectivity index (χ4n) is 2.23. The number of hydrogen-bond donors (Lipinski definition) is 2. The molecule has 1 aromatic rings. The number of amides is 1. The standard InChI is InChI=1S/C11H15ClN4O2/c1-13-11(18)8-3-2-4-16(8)10-7(5-17)9(12)14-6-15-10/h6,8,17H,2-5H2,1H3,(H,13,18). The number of carbonyl (C=O) groups is 1. The Balaban J connectivity index is 2.36. The molecular formula is C11H15ClN4O2. The molecular weight excluding hydrogens is 256 g/mol. The van der Waals surface area contributed by atoms with E-state index in [9.17, 15) is 9.90 Å². The van der Waals surface area contributed by atoms with Crippen molar-refractivity contribution in [2.24, 2.45) is 0 Å². The van der Waals surface area contributed by atoms with Crippen LogP contribution in [0.4, 0.5) is 5.82 Å². The predicted octanol–water partition coefficient (Wildman–Crippen LogP) is 0.337. The monoisotopic (exact) mass is 270 g/mol. The summed E-state index contributed by atoms with van der Waals surface area (Å²) < 4.78 is 0. The van der Waals surface area contributed by atoms with Crippen LogP contribution >= 0.6 is 11.6 Å². The molecule has 0 radical (unpaired) electrons. The van der Waals surface area contributed by atoms with E-state index in [-0.39, 0.29) is 23.7 Å². The van der Waals surface area contributed by atoms with Gasteiger partial charge in [-0.05, 0) is 12.8 Å². The molecule has 1 amide bonds. The lowest BCUT2D eigenvalue weighted by molar-refractivity contribution is -0.121. The van der Waals surface area contributed by atoms with Crippen molar-refractivity contribution in [3.63, 3.8) is 0 Å². The van der Waals surface area contributed by atoms with Crippen molar-refractivity contribution in [2.45, 2.75) is 25.5 Å². The second-order valence-electron chi connectivity index (χ2n) is 4.09. The van der Waals surface area contributed by atoms with E-state index in [0.29, 0.717) is 11.4 Å². The highest BCUT2D eigenvalue weighted by molar-refractivity contribution is 6.30. The summed E-state index contributed by atoms with van der Waals surface area (Å²) in [4.78, 5) is 21.7. The highest BCUT2D eigenvalue weighted by Crippen LogP contribution is 2.29. The van der Waals surface area contributed by atoms with Gasteiger partial charge in [-0.1, -0.05) is 11.6 Å². The minimum Gasteiger partial charge on any atom is -0.391 e. The number of rotatable bonds is 3. The van der Waals surface area contributed by atoms with Gasteiger partial charge in [0.2, 0.25) is 5.91 Å². The summed E-state index contributed by atoms with van der Waals surface area (Å²) in [5, 5.41) is 12.2. The van der Waals surface area contributed by atoms with Gasteiger partial charge in [0, 0.05) is 13.6 Å². The van der Waals surface area contributed by atoms with Crippen molar-refractivity contribution in [3.05, 3.63) is 17.0 Å². The molecule has 18 heavy (non-hydrogen) atoms. The molecule has 1 unspecified atom stereocenters. The first-order valence-corrected chi connectivity index (χ1v) is 6.15. The van der Waals surface area contributed by atoms with Crippen LogP contribution in [0.2, 0.25) is 5.15 Å². The average Bonchev–Trinajstić information content (AvgIpc) is 2.86. The van der Waals surface area contributed by atoms with Gasteiger partial charge in [-0.25, -0.2) is 9.97 Å². The van der Waals surface area contributed by atoms with Gasteiger partial charge in [0.15, 0.2) is 0 Å². The Morgan fingerprint density at radius 2 is 2.44 bits per heavy atom. The molecule has 1 aliphatic rings. The zero-order chi connectivity index (χ0) is 13.1. The van der Waals surface area contributed by atoms with Crippen LogP contribution in [0.5, 0.6) is 0 Å². The van der Waals surface area contributed by atoms with E-state index >= 15 is 0 Å². The fraction of sp³-hybridized carbons (Fsp3) is 0.545. The molecule has 0 aliphatic carbocycles. The first-order valence-electron chi connectivity index (χ1n) is 5.77. The van der Waals surface area contributed by atoms with Crippen LogP contribution in [0, 0.1) is 0 Å². The quantitative estimate of drug-likeness (QED) is 0.775. The van der Waals surface area contributed by atoms with E-state index in [1.54, 1.807) is 7.05 Å². The number of nitrogens with one attached hydrogen (secondary N) is 1. The van der Waals surface area contributed by atoms with Crippen molar-refractivity contribution >= 4 is 23.3 Å². The van der Waals surface area contributed by atoms with E-state index in [1.165, 1.54) is 6.33 Å². The first kappa shape index (κ1) is 13.0. The van der Waals surface area contributed by atoms with Crippen molar-refractivity contribution in [1.82, 2.24) is 15.3 Å². The maximum Gasteiger partial charge on any atom is 0.242 e. The molecule has 0 aromatic carbocycles. The normalized spacial score (nSPS) is 19.1. The maximum atomic E-state index is 11.8. The highest BCUT2D eigenvalue weighted by atomic mass is 35.5. The van der Waals surface area contributed by atoms with Crippen molar-refractivity contribution in [1.29, 1.82) is 0 Å². The van der Waals surface area contributed by atoms with Gasteiger partial charge in [-0.2, -0.15) is 0 Å². The number of nitrogens with zero attached hydrogens (tertiary/aromatic N) is 3. The van der Waals surface area contributed by atoms with E-state index in [2.05, 4.69) is 15.3 Å². The minimum absolute atomic E-state index is 0.0499. The fourth-order valence-corrected chi connectivity index (χ4v) is 2.41. The van der Waals surface area contributed by atoms with Crippen LogP contribution in [0.1, 0.15) is 18.4 Å². The van der Waals surface area contributed by atoms with Crippen LogP contribution in [0.25, 0.3) is 0 Å². The number of aliphatic hydroxyl groups is 1. The largest absolute Gasteiger partial charge is 0.391 e. The molecule has 0 bridgehead atoms. The summed E-state index contributed by atoms with van der Waals surface area (Å²) in [6.45, 7) is 0.477. The van der Waals surface area contributed by atoms with Crippen molar-refractivity contribution < 1.29 is 9.90 Å². The third kappa shape index (κ3) is 2.26. The molecule has 2 heterocycles. The van der Waals surface area contributed by atoms with E-state index in [4.69, 9.17) is 11.6 Å². The Bertz CT molecular complexity index is 455. The lowest BCUT2D eigenvalue weighted by atomic mass is 10.2. The molecule has 1 aromatic heterocycles. The van der Waals surface area contributed by atoms with Crippen LogP contribution in [0.3, 0.4) is 0 Å². The topological polar surface area (TPSA) is 78.4 Å². The lowest BCUT2D eigenvalue weighted by Crippen LogP contribution is -2.42. The molecule has 1 aliphatic heterocycles. The van der Waals surface area contributed by atoms with E-state index in [1.807, 2.05) is 4.90 Å². The van der Waals surface area contributed by atoms with Gasteiger partial charge < -0.3 is 15.3 Å². The van der Waals surface area contributed by atoms with Gasteiger partial charge in [0.25, 0.3) is 0 Å². The number of hydrogen-bond acceptors (Lipinski definition) is 5. The third-order valence-electron chi connectivity index (χ3n) is 3.10. The minimum atomic E-state index is -0.258. The average molecular weight is 271 g/mol. The number of likely N-dealkylation sites (N-methyl/N-ethyl adjacent to an activating group) is 1.